The van der Waals surface area contributed by atoms with Crippen LogP contribution in [-0.2, 0) is 0 Å². The van der Waals surface area contributed by atoms with Crippen LogP contribution < -0.4 is 0 Å². The molecule has 0 heterocycles. The topological polar surface area (TPSA) is 0 Å². The van der Waals surface area contributed by atoms with Crippen molar-refractivity contribution in [2.45, 2.75) is 26.7 Å². The number of rotatable bonds is 0. The second kappa shape index (κ2) is 0.683. The lowest BCUT2D eigenvalue weighted by Gasteiger charge is -2.16. The highest BCUT2D eigenvalue weighted by Crippen LogP contribution is 2.65. The van der Waals surface area contributed by atoms with Crippen molar-refractivity contribution in [3.8, 4) is 0 Å². The number of allylic oxidation sites excluding steroid dienone is 2. The Bertz CT molecular complexity index is 153. The molecule has 0 aromatic carbocycles. The summed E-state index contributed by atoms with van der Waals surface area (Å²) in [6.45, 7) is 4.61. The Labute approximate surface area is 44.2 Å². The maximum absolute atomic E-state index is 2.36. The van der Waals surface area contributed by atoms with Crippen molar-refractivity contribution < 1.29 is 0 Å². The maximum atomic E-state index is 2.36. The fourth-order valence-corrected chi connectivity index (χ4v) is 1.77. The molecule has 0 spiro atoms. The van der Waals surface area contributed by atoms with Gasteiger partial charge in [-0.3, -0.25) is 0 Å². The summed E-state index contributed by atoms with van der Waals surface area (Å²) in [6.07, 6.45) is 2.81. The van der Waals surface area contributed by atoms with Crippen molar-refractivity contribution >= 4 is 0 Å². The van der Waals surface area contributed by atoms with Crippen LogP contribution in [0.5, 0.6) is 0 Å². The first-order valence-corrected chi connectivity index (χ1v) is 2.91. The molecule has 0 saturated heterocycles. The van der Waals surface area contributed by atoms with Crippen LogP contribution in [-0.4, -0.2) is 0 Å². The van der Waals surface area contributed by atoms with E-state index in [0.29, 0.717) is 0 Å². The van der Waals surface area contributed by atoms with Gasteiger partial charge in [0.25, 0.3) is 0 Å². The molecule has 1 fully saturated rings. The Morgan fingerprint density at radius 2 is 2.14 bits per heavy atom. The summed E-state index contributed by atoms with van der Waals surface area (Å²) in [7, 11) is 0. The lowest BCUT2D eigenvalue weighted by Crippen LogP contribution is -2.03. The van der Waals surface area contributed by atoms with Crippen LogP contribution >= 0.6 is 0 Å². The van der Waals surface area contributed by atoms with Crippen LogP contribution in [0.2, 0.25) is 0 Å². The highest BCUT2D eigenvalue weighted by atomic mass is 14.6. The third-order valence-electron chi connectivity index (χ3n) is 2.34. The summed E-state index contributed by atoms with van der Waals surface area (Å²) < 4.78 is 0. The molecule has 1 atom stereocenters. The van der Waals surface area contributed by atoms with Gasteiger partial charge >= 0.3 is 0 Å². The molecule has 2 rings (SSSR count). The number of fused-ring (bicyclic) bond motifs is 1. The second-order valence-corrected chi connectivity index (χ2v) is 3.17. The molecular weight excluding hydrogens is 84.1 g/mol. The number of hydrogen-bond acceptors (Lipinski definition) is 0. The van der Waals surface area contributed by atoms with Gasteiger partial charge in [-0.05, 0) is 25.2 Å². The molecule has 0 N–H and O–H groups in total. The van der Waals surface area contributed by atoms with Gasteiger partial charge in [0.2, 0.25) is 0 Å². The largest absolute Gasteiger partial charge is 0.0726 e. The minimum atomic E-state index is 0.740. The van der Waals surface area contributed by atoms with Crippen molar-refractivity contribution in [1.29, 1.82) is 0 Å². The van der Waals surface area contributed by atoms with E-state index in [1.165, 1.54) is 12.8 Å². The predicted octanol–water partition coefficient (Wildman–Crippen LogP) is 2.12. The summed E-state index contributed by atoms with van der Waals surface area (Å²) >= 11 is 0. The Kier molecular flexibility index (Phi) is 0.362. The van der Waals surface area contributed by atoms with Gasteiger partial charge in [-0.25, -0.2) is 0 Å². The molecular formula is C7H10. The normalized spacial score (nSPS) is 45.4. The van der Waals surface area contributed by atoms with Crippen LogP contribution in [0, 0.1) is 5.41 Å². The van der Waals surface area contributed by atoms with Gasteiger partial charge < -0.3 is 0 Å². The van der Waals surface area contributed by atoms with Gasteiger partial charge in [-0.2, -0.15) is 0 Å². The summed E-state index contributed by atoms with van der Waals surface area (Å²) in [4.78, 5) is 0. The molecule has 0 aromatic rings. The van der Waals surface area contributed by atoms with E-state index >= 15 is 0 Å². The average molecular weight is 94.2 g/mol. The lowest BCUT2D eigenvalue weighted by atomic mass is 9.89. The van der Waals surface area contributed by atoms with E-state index in [4.69, 9.17) is 0 Å². The van der Waals surface area contributed by atoms with E-state index in [2.05, 4.69) is 13.8 Å². The SMILES string of the molecule is CC1=C2CC2(C)C1. The van der Waals surface area contributed by atoms with E-state index in [-0.39, 0.29) is 0 Å². The van der Waals surface area contributed by atoms with Crippen LogP contribution in [0.25, 0.3) is 0 Å². The molecule has 0 radical (unpaired) electrons. The number of hydrogen-bond donors (Lipinski definition) is 0. The van der Waals surface area contributed by atoms with Gasteiger partial charge in [-0.15, -0.1) is 0 Å². The molecule has 2 aliphatic rings. The standard InChI is InChI=1S/C7H10/c1-5-3-7(2)4-6(5)7/h3-4H2,1-2H3. The minimum absolute atomic E-state index is 0.740. The van der Waals surface area contributed by atoms with Crippen molar-refractivity contribution in [2.75, 3.05) is 0 Å². The van der Waals surface area contributed by atoms with Gasteiger partial charge in [0.15, 0.2) is 0 Å². The molecule has 2 aliphatic carbocycles. The molecule has 0 aromatic heterocycles. The fourth-order valence-electron chi connectivity index (χ4n) is 1.77. The zero-order chi connectivity index (χ0) is 5.07. The average Bonchev–Trinajstić information content (AvgIpc) is 2.10. The predicted molar refractivity (Wildman–Crippen MR) is 30.0 cm³/mol. The van der Waals surface area contributed by atoms with E-state index in [0.717, 1.165) is 5.41 Å². The molecule has 0 nitrogen and oxygen atoms in total. The van der Waals surface area contributed by atoms with E-state index in [9.17, 15) is 0 Å². The fraction of sp³-hybridized carbons (Fsp3) is 0.714. The van der Waals surface area contributed by atoms with Crippen molar-refractivity contribution in [1.82, 2.24) is 0 Å². The van der Waals surface area contributed by atoms with Crippen LogP contribution in [0.3, 0.4) is 0 Å². The van der Waals surface area contributed by atoms with Crippen molar-refractivity contribution in [3.05, 3.63) is 11.1 Å². The Morgan fingerprint density at radius 1 is 1.43 bits per heavy atom. The second-order valence-electron chi connectivity index (χ2n) is 3.17. The Morgan fingerprint density at radius 3 is 2.14 bits per heavy atom. The Balaban J connectivity index is 2.43. The van der Waals surface area contributed by atoms with Crippen molar-refractivity contribution in [3.63, 3.8) is 0 Å². The third-order valence-corrected chi connectivity index (χ3v) is 2.34. The summed E-state index contributed by atoms with van der Waals surface area (Å²) in [6, 6.07) is 0. The molecule has 7 heavy (non-hydrogen) atoms. The van der Waals surface area contributed by atoms with Crippen LogP contribution in [0.1, 0.15) is 26.7 Å². The van der Waals surface area contributed by atoms with E-state index in [1.54, 1.807) is 11.1 Å². The highest BCUT2D eigenvalue weighted by molar-refractivity contribution is 5.46. The van der Waals surface area contributed by atoms with Gasteiger partial charge in [0.1, 0.15) is 0 Å². The molecule has 38 valence electrons. The highest BCUT2D eigenvalue weighted by Gasteiger charge is 2.52. The van der Waals surface area contributed by atoms with Crippen LogP contribution in [0.15, 0.2) is 11.1 Å². The minimum Gasteiger partial charge on any atom is -0.0726 e. The quantitative estimate of drug-likeness (QED) is 0.403. The molecule has 0 aliphatic heterocycles. The molecule has 1 saturated carbocycles. The first-order valence-electron chi connectivity index (χ1n) is 2.91. The van der Waals surface area contributed by atoms with Crippen molar-refractivity contribution in [2.24, 2.45) is 5.41 Å². The van der Waals surface area contributed by atoms with Gasteiger partial charge in [-0.1, -0.05) is 18.1 Å². The van der Waals surface area contributed by atoms with Crippen LogP contribution in [0.4, 0.5) is 0 Å². The first kappa shape index (κ1) is 3.71. The third kappa shape index (κ3) is 0.255. The summed E-state index contributed by atoms with van der Waals surface area (Å²) in [5.41, 5.74) is 4.17. The molecule has 0 amide bonds. The molecule has 0 bridgehead atoms. The zero-order valence-corrected chi connectivity index (χ0v) is 4.91. The molecule has 0 heteroatoms. The molecule has 1 unspecified atom stereocenters. The smallest absolute Gasteiger partial charge is 0.00390 e. The van der Waals surface area contributed by atoms with Gasteiger partial charge in [0, 0.05) is 0 Å². The first-order chi connectivity index (χ1) is 3.22. The van der Waals surface area contributed by atoms with E-state index < -0.39 is 0 Å². The maximum Gasteiger partial charge on any atom is -0.00390 e. The summed E-state index contributed by atoms with van der Waals surface area (Å²) in [5, 5.41) is 0. The van der Waals surface area contributed by atoms with E-state index in [1.807, 2.05) is 0 Å². The monoisotopic (exact) mass is 94.1 g/mol. The summed E-state index contributed by atoms with van der Waals surface area (Å²) in [5.74, 6) is 0. The lowest BCUT2D eigenvalue weighted by molar-refractivity contribution is 0.553. The zero-order valence-electron chi connectivity index (χ0n) is 4.91. The Hall–Kier alpha value is -0.260. The van der Waals surface area contributed by atoms with Gasteiger partial charge in [0.05, 0.1) is 0 Å².